The first-order valence-electron chi connectivity index (χ1n) is 4.61. The second-order valence-electron chi connectivity index (χ2n) is 5.16. The lowest BCUT2D eigenvalue weighted by Gasteiger charge is -2.55. The summed E-state index contributed by atoms with van der Waals surface area (Å²) in [5.74, 6) is 0.795. The Morgan fingerprint density at radius 2 is 1.64 bits per heavy atom. The van der Waals surface area contributed by atoms with Crippen molar-refractivity contribution < 1.29 is 0 Å². The second kappa shape index (κ2) is 2.48. The third kappa shape index (κ3) is 1.20. The minimum Gasteiger partial charge on any atom is -0.315 e. The minimum atomic E-state index is 0.451. The number of nitrogens with one attached hydrogen (secondary N) is 1. The minimum absolute atomic E-state index is 0.451. The van der Waals surface area contributed by atoms with Gasteiger partial charge < -0.3 is 5.32 Å². The molecule has 1 aliphatic heterocycles. The normalized spacial score (nSPS) is 23.5. The summed E-state index contributed by atoms with van der Waals surface area (Å²) in [4.78, 5) is 0. The van der Waals surface area contributed by atoms with E-state index in [0.29, 0.717) is 10.8 Å². The molecule has 0 saturated carbocycles. The van der Waals surface area contributed by atoms with E-state index in [1.165, 1.54) is 13.1 Å². The third-order valence-corrected chi connectivity index (χ3v) is 3.48. The van der Waals surface area contributed by atoms with Crippen LogP contribution in [0, 0.1) is 16.7 Å². The maximum atomic E-state index is 3.39. The third-order valence-electron chi connectivity index (χ3n) is 3.48. The van der Waals surface area contributed by atoms with Crippen molar-refractivity contribution >= 4 is 0 Å². The van der Waals surface area contributed by atoms with Crippen LogP contribution in [0.4, 0.5) is 0 Å². The topological polar surface area (TPSA) is 12.0 Å². The fourth-order valence-corrected chi connectivity index (χ4v) is 2.20. The van der Waals surface area contributed by atoms with Crippen LogP contribution in [-0.4, -0.2) is 13.1 Å². The molecule has 0 aliphatic carbocycles. The molecule has 66 valence electrons. The molecule has 0 amide bonds. The van der Waals surface area contributed by atoms with Crippen LogP contribution in [0.25, 0.3) is 0 Å². The van der Waals surface area contributed by atoms with Crippen LogP contribution in [0.1, 0.15) is 34.6 Å². The Bertz CT molecular complexity index is 137. The van der Waals surface area contributed by atoms with Gasteiger partial charge in [0.2, 0.25) is 0 Å². The summed E-state index contributed by atoms with van der Waals surface area (Å²) in [6, 6.07) is 0. The molecule has 1 rings (SSSR count). The first-order valence-corrected chi connectivity index (χ1v) is 4.61. The van der Waals surface area contributed by atoms with Gasteiger partial charge in [-0.25, -0.2) is 0 Å². The summed E-state index contributed by atoms with van der Waals surface area (Å²) >= 11 is 0. The SMILES string of the molecule is CC(C)C1(C(C)(C)C)CNC1. The molecule has 1 saturated heterocycles. The van der Waals surface area contributed by atoms with Crippen LogP contribution >= 0.6 is 0 Å². The molecule has 0 aromatic rings. The van der Waals surface area contributed by atoms with E-state index in [1.54, 1.807) is 0 Å². The van der Waals surface area contributed by atoms with Gasteiger partial charge in [0.15, 0.2) is 0 Å². The van der Waals surface area contributed by atoms with E-state index in [0.717, 1.165) is 5.92 Å². The van der Waals surface area contributed by atoms with Crippen molar-refractivity contribution in [2.45, 2.75) is 34.6 Å². The van der Waals surface area contributed by atoms with Gasteiger partial charge in [0.25, 0.3) is 0 Å². The fraction of sp³-hybridized carbons (Fsp3) is 1.00. The van der Waals surface area contributed by atoms with Crippen LogP contribution in [-0.2, 0) is 0 Å². The molecule has 0 atom stereocenters. The molecule has 1 fully saturated rings. The lowest BCUT2D eigenvalue weighted by Crippen LogP contribution is -2.62. The van der Waals surface area contributed by atoms with Gasteiger partial charge in [0.05, 0.1) is 0 Å². The average molecular weight is 155 g/mol. The summed E-state index contributed by atoms with van der Waals surface area (Å²) in [6.45, 7) is 14.1. The van der Waals surface area contributed by atoms with Crippen LogP contribution in [0.3, 0.4) is 0 Å². The maximum Gasteiger partial charge on any atom is 0.00277 e. The molecule has 1 heterocycles. The van der Waals surface area contributed by atoms with Crippen molar-refractivity contribution in [2.24, 2.45) is 16.7 Å². The van der Waals surface area contributed by atoms with Crippen molar-refractivity contribution in [3.8, 4) is 0 Å². The van der Waals surface area contributed by atoms with Crippen molar-refractivity contribution in [1.29, 1.82) is 0 Å². The molecule has 1 N–H and O–H groups in total. The molecule has 0 radical (unpaired) electrons. The Labute approximate surface area is 70.6 Å². The first-order chi connectivity index (χ1) is 4.90. The van der Waals surface area contributed by atoms with Gasteiger partial charge in [-0.2, -0.15) is 0 Å². The van der Waals surface area contributed by atoms with Gasteiger partial charge in [0, 0.05) is 18.5 Å². The zero-order chi connectivity index (χ0) is 8.70. The first kappa shape index (κ1) is 9.05. The lowest BCUT2D eigenvalue weighted by molar-refractivity contribution is -0.0232. The monoisotopic (exact) mass is 155 g/mol. The Kier molecular flexibility index (Phi) is 2.04. The van der Waals surface area contributed by atoms with E-state index in [4.69, 9.17) is 0 Å². The van der Waals surface area contributed by atoms with Crippen molar-refractivity contribution in [3.05, 3.63) is 0 Å². The van der Waals surface area contributed by atoms with E-state index in [9.17, 15) is 0 Å². The number of rotatable bonds is 1. The summed E-state index contributed by atoms with van der Waals surface area (Å²) in [6.07, 6.45) is 0. The van der Waals surface area contributed by atoms with E-state index >= 15 is 0 Å². The van der Waals surface area contributed by atoms with Gasteiger partial charge in [-0.05, 0) is 11.3 Å². The van der Waals surface area contributed by atoms with Crippen LogP contribution in [0.2, 0.25) is 0 Å². The summed E-state index contributed by atoms with van der Waals surface area (Å²) < 4.78 is 0. The highest BCUT2D eigenvalue weighted by atomic mass is 15.0. The van der Waals surface area contributed by atoms with Crippen molar-refractivity contribution in [1.82, 2.24) is 5.32 Å². The molecule has 0 aromatic carbocycles. The van der Waals surface area contributed by atoms with Crippen molar-refractivity contribution in [2.75, 3.05) is 13.1 Å². The van der Waals surface area contributed by atoms with Crippen molar-refractivity contribution in [3.63, 3.8) is 0 Å². The number of hydrogen-bond donors (Lipinski definition) is 1. The van der Waals surface area contributed by atoms with Crippen LogP contribution in [0.15, 0.2) is 0 Å². The van der Waals surface area contributed by atoms with Gasteiger partial charge in [0.1, 0.15) is 0 Å². The van der Waals surface area contributed by atoms with E-state index in [1.807, 2.05) is 0 Å². The highest BCUT2D eigenvalue weighted by molar-refractivity contribution is 5.01. The zero-order valence-electron chi connectivity index (χ0n) is 8.49. The van der Waals surface area contributed by atoms with Crippen LogP contribution < -0.4 is 5.32 Å². The molecule has 0 unspecified atom stereocenters. The molecule has 11 heavy (non-hydrogen) atoms. The molecule has 0 bridgehead atoms. The summed E-state index contributed by atoms with van der Waals surface area (Å²) in [5.41, 5.74) is 0.999. The second-order valence-corrected chi connectivity index (χ2v) is 5.16. The predicted octanol–water partition coefficient (Wildman–Crippen LogP) is 2.28. The van der Waals surface area contributed by atoms with E-state index in [2.05, 4.69) is 39.9 Å². The maximum absolute atomic E-state index is 3.39. The van der Waals surface area contributed by atoms with E-state index in [-0.39, 0.29) is 0 Å². The Morgan fingerprint density at radius 3 is 1.64 bits per heavy atom. The predicted molar refractivity (Wildman–Crippen MR) is 49.6 cm³/mol. The quantitative estimate of drug-likeness (QED) is 0.612. The molecular formula is C10H21N. The summed E-state index contributed by atoms with van der Waals surface area (Å²) in [7, 11) is 0. The lowest BCUT2D eigenvalue weighted by atomic mass is 9.57. The van der Waals surface area contributed by atoms with Gasteiger partial charge in [-0.15, -0.1) is 0 Å². The fourth-order valence-electron chi connectivity index (χ4n) is 2.20. The molecular weight excluding hydrogens is 134 g/mol. The molecule has 0 spiro atoms. The molecule has 1 heteroatoms. The Morgan fingerprint density at radius 1 is 1.18 bits per heavy atom. The highest BCUT2D eigenvalue weighted by Gasteiger charge is 2.48. The smallest absolute Gasteiger partial charge is 0.00277 e. The Balaban J connectivity index is 2.76. The molecule has 1 nitrogen and oxygen atoms in total. The van der Waals surface area contributed by atoms with E-state index < -0.39 is 0 Å². The number of hydrogen-bond acceptors (Lipinski definition) is 1. The molecule has 1 aliphatic rings. The van der Waals surface area contributed by atoms with Gasteiger partial charge in [-0.1, -0.05) is 34.6 Å². The standard InChI is InChI=1S/C10H21N/c1-8(2)10(6-11-7-10)9(3,4)5/h8,11H,6-7H2,1-5H3. The Hall–Kier alpha value is -0.0400. The summed E-state index contributed by atoms with van der Waals surface area (Å²) in [5, 5.41) is 3.39. The molecule has 0 aromatic heterocycles. The van der Waals surface area contributed by atoms with Gasteiger partial charge >= 0.3 is 0 Å². The average Bonchev–Trinajstić information content (AvgIpc) is 1.52. The highest BCUT2D eigenvalue weighted by Crippen LogP contribution is 2.47. The zero-order valence-corrected chi connectivity index (χ0v) is 8.49. The van der Waals surface area contributed by atoms with Crippen LogP contribution in [0.5, 0.6) is 0 Å². The van der Waals surface area contributed by atoms with Gasteiger partial charge in [-0.3, -0.25) is 0 Å². The largest absolute Gasteiger partial charge is 0.315 e.